The fraction of sp³-hybridized carbons (Fsp3) is 0.286. The molecule has 1 aliphatic rings. The van der Waals surface area contributed by atoms with Crippen LogP contribution in [-0.4, -0.2) is 29.6 Å². The van der Waals surface area contributed by atoms with E-state index in [0.717, 1.165) is 16.7 Å². The van der Waals surface area contributed by atoms with Gasteiger partial charge in [-0.25, -0.2) is 0 Å². The Morgan fingerprint density at radius 1 is 0.781 bits per heavy atom. The van der Waals surface area contributed by atoms with Crippen molar-refractivity contribution in [2.75, 3.05) is 13.6 Å². The quantitative estimate of drug-likeness (QED) is 0.297. The fourth-order valence-electron chi connectivity index (χ4n) is 3.94. The molecule has 1 atom stereocenters. The van der Waals surface area contributed by atoms with E-state index < -0.39 is 5.60 Å². The van der Waals surface area contributed by atoms with E-state index in [1.54, 1.807) is 0 Å². The van der Waals surface area contributed by atoms with E-state index in [0.29, 0.717) is 6.17 Å². The minimum Gasteiger partial charge on any atom is -0.722 e. The highest BCUT2D eigenvalue weighted by molar-refractivity contribution is 5.47. The maximum atomic E-state index is 11.9. The van der Waals surface area contributed by atoms with Gasteiger partial charge in [-0.05, 0) is 30.0 Å². The van der Waals surface area contributed by atoms with Crippen molar-refractivity contribution in [2.45, 2.75) is 38.5 Å². The van der Waals surface area contributed by atoms with Crippen LogP contribution in [0.2, 0.25) is 0 Å². The summed E-state index contributed by atoms with van der Waals surface area (Å²) < 4.78 is 0. The average Bonchev–Trinajstić information content (AvgIpc) is 3.18. The number of nitrogens with zero attached hydrogens (tertiary/aromatic N) is 2. The molecule has 0 saturated heterocycles. The molecule has 4 nitrogen and oxygen atoms in total. The van der Waals surface area contributed by atoms with E-state index >= 15 is 0 Å². The van der Waals surface area contributed by atoms with Crippen molar-refractivity contribution < 1.29 is 10.1 Å². The lowest BCUT2D eigenvalue weighted by Gasteiger charge is -2.38. The third-order valence-electron chi connectivity index (χ3n) is 6.00. The summed E-state index contributed by atoms with van der Waals surface area (Å²) in [6.45, 7) is 5.66. The predicted octanol–water partition coefficient (Wildman–Crippen LogP) is 5.12. The summed E-state index contributed by atoms with van der Waals surface area (Å²) in [6, 6.07) is 28.7. The van der Waals surface area contributed by atoms with Gasteiger partial charge in [0, 0.05) is 26.0 Å². The van der Waals surface area contributed by atoms with Crippen LogP contribution >= 0.6 is 0 Å². The molecule has 0 saturated carbocycles. The third-order valence-corrected chi connectivity index (χ3v) is 6.00. The standard InChI is InChI=1S/C19H16O2.C9H18N2/c20-21-19(16-10-4-1-5-11-16,17-12-6-2-7-13-17)18-14-8-3-9-15-18;1-4-5-6-11-8-7-10(3)9(11)2/h1-15,20H;7-9H,4-6H2,1-3H3/p-1. The molecule has 0 fully saturated rings. The molecule has 3 aromatic carbocycles. The van der Waals surface area contributed by atoms with Crippen molar-refractivity contribution >= 4 is 0 Å². The molecule has 1 heterocycles. The monoisotopic (exact) mass is 429 g/mol. The van der Waals surface area contributed by atoms with Crippen LogP contribution in [0.3, 0.4) is 0 Å². The Bertz CT molecular complexity index is 848. The van der Waals surface area contributed by atoms with E-state index in [9.17, 15) is 5.26 Å². The summed E-state index contributed by atoms with van der Waals surface area (Å²) in [5, 5.41) is 11.9. The van der Waals surface area contributed by atoms with Gasteiger partial charge in [-0.15, -0.1) is 0 Å². The van der Waals surface area contributed by atoms with Crippen LogP contribution in [0, 0.1) is 0 Å². The number of benzene rings is 3. The molecule has 4 heteroatoms. The van der Waals surface area contributed by atoms with Crippen LogP contribution in [0.4, 0.5) is 0 Å². The maximum Gasteiger partial charge on any atom is 0.133 e. The van der Waals surface area contributed by atoms with Gasteiger partial charge in [0.25, 0.3) is 0 Å². The van der Waals surface area contributed by atoms with Crippen molar-refractivity contribution in [1.29, 1.82) is 0 Å². The van der Waals surface area contributed by atoms with Crippen LogP contribution in [0.5, 0.6) is 0 Å². The third kappa shape index (κ3) is 5.21. The summed E-state index contributed by atoms with van der Waals surface area (Å²) in [6.07, 6.45) is 7.45. The molecule has 0 amide bonds. The highest BCUT2D eigenvalue weighted by atomic mass is 17.1. The summed E-state index contributed by atoms with van der Waals surface area (Å²) >= 11 is 0. The van der Waals surface area contributed by atoms with Crippen molar-refractivity contribution in [1.82, 2.24) is 9.80 Å². The van der Waals surface area contributed by atoms with Crippen molar-refractivity contribution in [2.24, 2.45) is 0 Å². The molecule has 0 aliphatic carbocycles. The van der Waals surface area contributed by atoms with Gasteiger partial charge >= 0.3 is 0 Å². The van der Waals surface area contributed by atoms with Crippen LogP contribution in [0.1, 0.15) is 43.4 Å². The first-order valence-electron chi connectivity index (χ1n) is 11.3. The topological polar surface area (TPSA) is 38.8 Å². The molecule has 168 valence electrons. The van der Waals surface area contributed by atoms with Crippen LogP contribution < -0.4 is 5.26 Å². The molecular weight excluding hydrogens is 396 g/mol. The first kappa shape index (κ1) is 23.6. The van der Waals surface area contributed by atoms with E-state index in [4.69, 9.17) is 4.89 Å². The van der Waals surface area contributed by atoms with Gasteiger partial charge in [-0.1, -0.05) is 104 Å². The smallest absolute Gasteiger partial charge is 0.133 e. The molecule has 0 radical (unpaired) electrons. The second kappa shape index (κ2) is 11.5. The van der Waals surface area contributed by atoms with Crippen molar-refractivity contribution in [3.05, 3.63) is 120 Å². The number of hydrogen-bond donors (Lipinski definition) is 0. The van der Waals surface area contributed by atoms with Gasteiger partial charge in [0.05, 0.1) is 6.17 Å². The van der Waals surface area contributed by atoms with E-state index in [2.05, 4.69) is 43.1 Å². The summed E-state index contributed by atoms with van der Waals surface area (Å²) in [4.78, 5) is 9.46. The lowest BCUT2D eigenvalue weighted by atomic mass is 9.80. The highest BCUT2D eigenvalue weighted by Crippen LogP contribution is 2.38. The lowest BCUT2D eigenvalue weighted by Crippen LogP contribution is -2.37. The van der Waals surface area contributed by atoms with Gasteiger partial charge < -0.3 is 19.9 Å². The molecular formula is C28H33N2O2-. The molecule has 0 aromatic heterocycles. The molecule has 3 aromatic rings. The number of rotatable bonds is 7. The first-order chi connectivity index (χ1) is 15.6. The zero-order chi connectivity index (χ0) is 22.8. The minimum atomic E-state index is -1.14. The Morgan fingerprint density at radius 3 is 1.53 bits per heavy atom. The summed E-state index contributed by atoms with van der Waals surface area (Å²) in [5.41, 5.74) is 1.32. The van der Waals surface area contributed by atoms with Crippen LogP contribution in [-0.2, 0) is 10.5 Å². The molecule has 4 rings (SSSR count). The van der Waals surface area contributed by atoms with E-state index in [-0.39, 0.29) is 0 Å². The highest BCUT2D eigenvalue weighted by Gasteiger charge is 2.34. The molecule has 1 aliphatic heterocycles. The predicted molar refractivity (Wildman–Crippen MR) is 128 cm³/mol. The second-order valence-corrected chi connectivity index (χ2v) is 8.05. The Labute approximate surface area is 192 Å². The van der Waals surface area contributed by atoms with Gasteiger partial charge in [-0.2, -0.15) is 0 Å². The molecule has 1 unspecified atom stereocenters. The summed E-state index contributed by atoms with van der Waals surface area (Å²) in [5.74, 6) is 0. The number of hydrogen-bond acceptors (Lipinski definition) is 4. The van der Waals surface area contributed by atoms with Crippen LogP contribution in [0.15, 0.2) is 103 Å². The zero-order valence-corrected chi connectivity index (χ0v) is 19.2. The molecule has 32 heavy (non-hydrogen) atoms. The fourth-order valence-corrected chi connectivity index (χ4v) is 3.94. The SMILES string of the molecule is CCCCN1C=CN(C)C1C.[O-]OC(c1ccccc1)(c1ccccc1)c1ccccc1. The molecule has 0 bridgehead atoms. The van der Waals surface area contributed by atoms with Gasteiger partial charge in [0.1, 0.15) is 5.60 Å². The maximum absolute atomic E-state index is 11.9. The first-order valence-corrected chi connectivity index (χ1v) is 11.3. The van der Waals surface area contributed by atoms with E-state index in [1.807, 2.05) is 91.0 Å². The Balaban J connectivity index is 0.000000222. The van der Waals surface area contributed by atoms with Gasteiger partial charge in [0.15, 0.2) is 0 Å². The number of unbranched alkanes of at least 4 members (excludes halogenated alkanes) is 1. The normalized spacial score (nSPS) is 15.4. The van der Waals surface area contributed by atoms with E-state index in [1.165, 1.54) is 19.4 Å². The summed E-state index contributed by atoms with van der Waals surface area (Å²) in [7, 11) is 2.12. The molecule has 0 spiro atoms. The minimum absolute atomic E-state index is 0.557. The Morgan fingerprint density at radius 2 is 1.22 bits per heavy atom. The largest absolute Gasteiger partial charge is 0.722 e. The van der Waals surface area contributed by atoms with Gasteiger partial charge in [-0.3, -0.25) is 0 Å². The zero-order valence-electron chi connectivity index (χ0n) is 19.2. The average molecular weight is 430 g/mol. The van der Waals surface area contributed by atoms with Crippen LogP contribution in [0.25, 0.3) is 0 Å². The van der Waals surface area contributed by atoms with Gasteiger partial charge in [0.2, 0.25) is 0 Å². The Hall–Kier alpha value is -3.08. The lowest BCUT2D eigenvalue weighted by molar-refractivity contribution is -0.713. The van der Waals surface area contributed by atoms with Crippen molar-refractivity contribution in [3.63, 3.8) is 0 Å². The Kier molecular flexibility index (Phi) is 8.48. The van der Waals surface area contributed by atoms with Crippen molar-refractivity contribution in [3.8, 4) is 0 Å². The molecule has 0 N–H and O–H groups in total. The second-order valence-electron chi connectivity index (χ2n) is 8.05.